The van der Waals surface area contributed by atoms with Crippen molar-refractivity contribution in [2.75, 3.05) is 25.7 Å². The van der Waals surface area contributed by atoms with Crippen molar-refractivity contribution < 1.29 is 26.1 Å². The number of aliphatic hydroxyl groups is 1. The van der Waals surface area contributed by atoms with Gasteiger partial charge in [-0.25, -0.2) is 8.42 Å². The fraction of sp³-hybridized carbons (Fsp3) is 0.750. The monoisotopic (exact) mass is 416 g/mol. The molecule has 25 heavy (non-hydrogen) atoms. The lowest BCUT2D eigenvalue weighted by atomic mass is 9.96. The van der Waals surface area contributed by atoms with Gasteiger partial charge in [-0.15, -0.1) is 0 Å². The summed E-state index contributed by atoms with van der Waals surface area (Å²) in [4.78, 5) is 0. The fourth-order valence-corrected chi connectivity index (χ4v) is 2.69. The van der Waals surface area contributed by atoms with Crippen LogP contribution in [0.2, 0.25) is 0 Å². The smallest absolute Gasteiger partial charge is 0.264 e. The average molecular weight is 417 g/mol. The van der Waals surface area contributed by atoms with E-state index >= 15 is 0 Å². The first-order valence-corrected chi connectivity index (χ1v) is 12.7. The summed E-state index contributed by atoms with van der Waals surface area (Å²) in [5, 5.41) is 8.66. The molecule has 0 spiro atoms. The Kier molecular flexibility index (Phi) is 12.7. The van der Waals surface area contributed by atoms with Gasteiger partial charge < -0.3 is 5.11 Å². The fourth-order valence-electron chi connectivity index (χ4n) is 2.25. The Morgan fingerprint density at radius 3 is 1.68 bits per heavy atom. The average Bonchev–Trinajstić information content (AvgIpc) is 2.53. The first kappa shape index (κ1) is 24.6. The van der Waals surface area contributed by atoms with Gasteiger partial charge in [-0.05, 0) is 50.4 Å². The van der Waals surface area contributed by atoms with Crippen molar-refractivity contribution in [1.82, 2.24) is 0 Å². The molecule has 0 bridgehead atoms. The second kappa shape index (κ2) is 12.9. The molecule has 0 aromatic rings. The van der Waals surface area contributed by atoms with E-state index in [1.807, 2.05) is 0 Å². The lowest BCUT2D eigenvalue weighted by Gasteiger charge is -2.16. The van der Waals surface area contributed by atoms with E-state index in [1.54, 1.807) is 0 Å². The lowest BCUT2D eigenvalue weighted by Crippen LogP contribution is -2.14. The lowest BCUT2D eigenvalue weighted by molar-refractivity contribution is 0.217. The number of aliphatic hydroxyl groups excluding tert-OH is 1. The van der Waals surface area contributed by atoms with E-state index in [0.717, 1.165) is 44.6 Å². The summed E-state index contributed by atoms with van der Waals surface area (Å²) in [6.07, 6.45) is 17.0. The van der Waals surface area contributed by atoms with Gasteiger partial charge in [0.2, 0.25) is 9.05 Å². The molecule has 9 heteroatoms. The van der Waals surface area contributed by atoms with Crippen LogP contribution < -0.4 is 0 Å². The van der Waals surface area contributed by atoms with Gasteiger partial charge in [0.1, 0.15) is 0 Å². The SMILES string of the molecule is CS(=O)(=O)Cl.CS(=O)(=O)OCC1CC=CCC1.OCC1CC=CCC1. The highest BCUT2D eigenvalue weighted by atomic mass is 35.7. The standard InChI is InChI=1S/C8H14O3S.C7H12O.CH3ClO2S/c1-12(9,10)11-7-8-5-3-2-4-6-8;8-6-7-4-2-1-3-5-7;1-5(2,3)4/h2-3,8H,4-7H2,1H3;1-2,7-8H,3-6H2;1H3. The summed E-state index contributed by atoms with van der Waals surface area (Å²) in [5.74, 6) is 0.935. The molecule has 2 unspecified atom stereocenters. The van der Waals surface area contributed by atoms with Crippen LogP contribution in [-0.2, 0) is 23.4 Å². The number of hydrogen-bond donors (Lipinski definition) is 1. The minimum Gasteiger partial charge on any atom is -0.396 e. The third-order valence-corrected chi connectivity index (χ3v) is 4.10. The molecule has 0 aromatic heterocycles. The molecule has 6 nitrogen and oxygen atoms in total. The maximum atomic E-state index is 10.6. The molecule has 148 valence electrons. The van der Waals surface area contributed by atoms with Gasteiger partial charge in [-0.2, -0.15) is 8.42 Å². The predicted octanol–water partition coefficient (Wildman–Crippen LogP) is 2.84. The zero-order chi connectivity index (χ0) is 19.3. The Morgan fingerprint density at radius 1 is 0.960 bits per heavy atom. The Labute approximate surface area is 156 Å². The molecule has 2 rings (SSSR count). The third kappa shape index (κ3) is 19.8. The molecule has 0 aliphatic heterocycles. The van der Waals surface area contributed by atoms with Gasteiger partial charge in [0.25, 0.3) is 10.1 Å². The second-order valence-corrected chi connectivity index (χ2v) is 10.8. The molecular weight excluding hydrogens is 388 g/mol. The summed E-state index contributed by atoms with van der Waals surface area (Å²) in [6.45, 7) is 0.702. The van der Waals surface area contributed by atoms with Crippen molar-refractivity contribution in [2.24, 2.45) is 11.8 Å². The predicted molar refractivity (Wildman–Crippen MR) is 102 cm³/mol. The van der Waals surface area contributed by atoms with Crippen molar-refractivity contribution in [3.8, 4) is 0 Å². The highest BCUT2D eigenvalue weighted by molar-refractivity contribution is 8.13. The summed E-state index contributed by atoms with van der Waals surface area (Å²) < 4.78 is 44.8. The first-order chi connectivity index (χ1) is 11.5. The van der Waals surface area contributed by atoms with Gasteiger partial charge in [-0.1, -0.05) is 24.3 Å². The molecule has 2 aliphatic carbocycles. The number of rotatable bonds is 4. The first-order valence-electron chi connectivity index (χ1n) is 8.16. The van der Waals surface area contributed by atoms with E-state index in [4.69, 9.17) is 9.29 Å². The molecule has 0 fully saturated rings. The zero-order valence-corrected chi connectivity index (χ0v) is 17.2. The number of halogens is 1. The highest BCUT2D eigenvalue weighted by Gasteiger charge is 2.12. The van der Waals surface area contributed by atoms with Gasteiger partial charge in [0.15, 0.2) is 0 Å². The van der Waals surface area contributed by atoms with Gasteiger partial charge in [0, 0.05) is 17.3 Å². The molecule has 0 heterocycles. The van der Waals surface area contributed by atoms with E-state index in [0.29, 0.717) is 25.0 Å². The maximum Gasteiger partial charge on any atom is 0.264 e. The minimum absolute atomic E-state index is 0.336. The van der Waals surface area contributed by atoms with E-state index in [-0.39, 0.29) is 0 Å². The van der Waals surface area contributed by atoms with Crippen LogP contribution in [0.5, 0.6) is 0 Å². The van der Waals surface area contributed by atoms with Crippen molar-refractivity contribution in [1.29, 1.82) is 0 Å². The number of allylic oxidation sites excluding steroid dienone is 4. The van der Waals surface area contributed by atoms with Crippen LogP contribution in [-0.4, -0.2) is 47.7 Å². The van der Waals surface area contributed by atoms with Crippen molar-refractivity contribution in [3.05, 3.63) is 24.3 Å². The van der Waals surface area contributed by atoms with E-state index in [9.17, 15) is 16.8 Å². The second-order valence-electron chi connectivity index (χ2n) is 6.15. The van der Waals surface area contributed by atoms with E-state index in [1.165, 1.54) is 6.42 Å². The van der Waals surface area contributed by atoms with Crippen molar-refractivity contribution >= 4 is 29.9 Å². The van der Waals surface area contributed by atoms with Crippen molar-refractivity contribution in [3.63, 3.8) is 0 Å². The number of hydrogen-bond acceptors (Lipinski definition) is 6. The zero-order valence-electron chi connectivity index (χ0n) is 14.8. The molecule has 0 radical (unpaired) electrons. The molecule has 0 aromatic carbocycles. The van der Waals surface area contributed by atoms with Crippen LogP contribution in [0.1, 0.15) is 38.5 Å². The molecule has 0 saturated carbocycles. The molecule has 0 saturated heterocycles. The molecule has 0 amide bonds. The summed E-state index contributed by atoms with van der Waals surface area (Å²) in [7, 11) is -1.94. The maximum absolute atomic E-state index is 10.6. The normalized spacial score (nSPS) is 23.0. The highest BCUT2D eigenvalue weighted by Crippen LogP contribution is 2.18. The summed E-state index contributed by atoms with van der Waals surface area (Å²) in [6, 6.07) is 0. The Morgan fingerprint density at radius 2 is 1.40 bits per heavy atom. The molecule has 2 aliphatic rings. The van der Waals surface area contributed by atoms with Gasteiger partial charge in [0.05, 0.1) is 19.1 Å². The Balaban J connectivity index is 0.000000382. The molecule has 2 atom stereocenters. The molecule has 1 N–H and O–H groups in total. The Bertz CT molecular complexity index is 603. The minimum atomic E-state index is -3.25. The molecular formula is C16H29ClO6S2. The van der Waals surface area contributed by atoms with Gasteiger partial charge >= 0.3 is 0 Å². The van der Waals surface area contributed by atoms with Crippen LogP contribution >= 0.6 is 10.7 Å². The van der Waals surface area contributed by atoms with E-state index < -0.39 is 19.2 Å². The van der Waals surface area contributed by atoms with Crippen LogP contribution in [0.25, 0.3) is 0 Å². The Hall–Kier alpha value is -0.410. The summed E-state index contributed by atoms with van der Waals surface area (Å²) >= 11 is 0. The summed E-state index contributed by atoms with van der Waals surface area (Å²) in [5.41, 5.74) is 0. The third-order valence-electron chi connectivity index (χ3n) is 3.53. The van der Waals surface area contributed by atoms with Crippen LogP contribution in [0, 0.1) is 11.8 Å². The van der Waals surface area contributed by atoms with Gasteiger partial charge in [-0.3, -0.25) is 4.18 Å². The van der Waals surface area contributed by atoms with Crippen LogP contribution in [0.4, 0.5) is 0 Å². The van der Waals surface area contributed by atoms with Crippen LogP contribution in [0.3, 0.4) is 0 Å². The largest absolute Gasteiger partial charge is 0.396 e. The van der Waals surface area contributed by atoms with Crippen molar-refractivity contribution in [2.45, 2.75) is 38.5 Å². The quantitative estimate of drug-likeness (QED) is 0.430. The van der Waals surface area contributed by atoms with Crippen LogP contribution in [0.15, 0.2) is 24.3 Å². The topological polar surface area (TPSA) is 97.7 Å². The van der Waals surface area contributed by atoms with E-state index in [2.05, 4.69) is 35.0 Å².